The van der Waals surface area contributed by atoms with Gasteiger partial charge >= 0.3 is 12.1 Å². The lowest BCUT2D eigenvalue weighted by Gasteiger charge is -2.34. The van der Waals surface area contributed by atoms with Crippen LogP contribution in [0, 0.1) is 0 Å². The van der Waals surface area contributed by atoms with E-state index in [4.69, 9.17) is 9.84 Å². The average Bonchev–Trinajstić information content (AvgIpc) is 2.49. The van der Waals surface area contributed by atoms with Crippen molar-refractivity contribution >= 4 is 18.0 Å². The zero-order valence-electron chi connectivity index (χ0n) is 14.5. The first kappa shape index (κ1) is 20.0. The Labute approximate surface area is 142 Å². The maximum Gasteiger partial charge on any atom is 0.408 e. The summed E-state index contributed by atoms with van der Waals surface area (Å²) in [6.07, 6.45) is 2.89. The lowest BCUT2D eigenvalue weighted by atomic mass is 10.1. The van der Waals surface area contributed by atoms with Gasteiger partial charge in [0.1, 0.15) is 17.7 Å². The number of amides is 2. The molecule has 1 fully saturated rings. The summed E-state index contributed by atoms with van der Waals surface area (Å²) in [7, 11) is 0. The number of alkyl carbamates (subject to hydrolysis) is 1. The van der Waals surface area contributed by atoms with E-state index >= 15 is 0 Å². The molecule has 2 atom stereocenters. The minimum atomic E-state index is -1.00. The number of nitrogens with one attached hydrogen (secondary N) is 2. The second kappa shape index (κ2) is 8.68. The Morgan fingerprint density at radius 1 is 1.46 bits per heavy atom. The third-order valence-corrected chi connectivity index (χ3v) is 3.40. The van der Waals surface area contributed by atoms with E-state index in [1.165, 1.54) is 5.01 Å². The van der Waals surface area contributed by atoms with Gasteiger partial charge in [-0.2, -0.15) is 0 Å². The minimum absolute atomic E-state index is 0.359. The van der Waals surface area contributed by atoms with Crippen LogP contribution in [0.1, 0.15) is 46.5 Å². The van der Waals surface area contributed by atoms with Crippen LogP contribution in [-0.4, -0.2) is 52.3 Å². The Kier molecular flexibility index (Phi) is 7.21. The first-order valence-electron chi connectivity index (χ1n) is 8.05. The fourth-order valence-corrected chi connectivity index (χ4v) is 2.30. The lowest BCUT2D eigenvalue weighted by Crippen LogP contribution is -2.60. The van der Waals surface area contributed by atoms with Crippen LogP contribution >= 0.6 is 0 Å². The Morgan fingerprint density at radius 3 is 2.67 bits per heavy atom. The Hall–Kier alpha value is -2.09. The first-order valence-corrected chi connectivity index (χ1v) is 8.05. The third kappa shape index (κ3) is 6.57. The summed E-state index contributed by atoms with van der Waals surface area (Å²) in [6.45, 7) is 9.21. The van der Waals surface area contributed by atoms with Crippen LogP contribution in [0.3, 0.4) is 0 Å². The molecular weight excluding hydrogens is 314 g/mol. The molecule has 0 radical (unpaired) electrons. The molecule has 8 nitrogen and oxygen atoms in total. The molecule has 0 aromatic heterocycles. The zero-order valence-corrected chi connectivity index (χ0v) is 14.5. The summed E-state index contributed by atoms with van der Waals surface area (Å²) >= 11 is 0. The molecule has 3 N–H and O–H groups in total. The van der Waals surface area contributed by atoms with Crippen molar-refractivity contribution < 1.29 is 24.2 Å². The van der Waals surface area contributed by atoms with Crippen molar-refractivity contribution in [2.45, 2.75) is 64.1 Å². The summed E-state index contributed by atoms with van der Waals surface area (Å²) in [5.41, 5.74) is 2.02. The van der Waals surface area contributed by atoms with E-state index in [-0.39, 0.29) is 5.91 Å². The molecule has 0 aromatic carbocycles. The van der Waals surface area contributed by atoms with Gasteiger partial charge in [-0.25, -0.2) is 10.2 Å². The van der Waals surface area contributed by atoms with E-state index in [1.807, 2.05) is 0 Å². The average molecular weight is 341 g/mol. The first-order chi connectivity index (χ1) is 11.1. The highest BCUT2D eigenvalue weighted by Crippen LogP contribution is 2.12. The highest BCUT2D eigenvalue weighted by Gasteiger charge is 2.32. The molecule has 136 valence electrons. The normalized spacial score (nSPS) is 19.3. The van der Waals surface area contributed by atoms with Crippen LogP contribution in [0.25, 0.3) is 0 Å². The second-order valence-corrected chi connectivity index (χ2v) is 6.72. The topological polar surface area (TPSA) is 108 Å². The molecule has 0 saturated carbocycles. The van der Waals surface area contributed by atoms with E-state index in [9.17, 15) is 14.4 Å². The minimum Gasteiger partial charge on any atom is -0.480 e. The molecule has 1 saturated heterocycles. The quantitative estimate of drug-likeness (QED) is 0.631. The molecule has 8 heteroatoms. The number of nitrogens with zero attached hydrogens (tertiary/aromatic N) is 1. The number of carboxylic acid groups (broad SMARTS) is 1. The molecule has 1 heterocycles. The highest BCUT2D eigenvalue weighted by atomic mass is 16.6. The largest absolute Gasteiger partial charge is 0.480 e. The Morgan fingerprint density at radius 2 is 2.12 bits per heavy atom. The van der Waals surface area contributed by atoms with E-state index in [0.717, 1.165) is 0 Å². The molecule has 1 rings (SSSR count). The number of ether oxygens (including phenoxy) is 1. The maximum absolute atomic E-state index is 12.6. The van der Waals surface area contributed by atoms with Gasteiger partial charge in [0.15, 0.2) is 0 Å². The van der Waals surface area contributed by atoms with Crippen molar-refractivity contribution in [3.8, 4) is 0 Å². The van der Waals surface area contributed by atoms with Gasteiger partial charge < -0.3 is 15.2 Å². The predicted octanol–water partition coefficient (Wildman–Crippen LogP) is 1.43. The smallest absolute Gasteiger partial charge is 0.408 e. The number of rotatable bonds is 6. The number of carbonyl (C=O) groups excluding carboxylic acids is 2. The van der Waals surface area contributed by atoms with Crippen LogP contribution in [0.2, 0.25) is 0 Å². The van der Waals surface area contributed by atoms with Crippen LogP contribution in [0.4, 0.5) is 4.79 Å². The molecule has 0 aromatic rings. The molecule has 0 bridgehead atoms. The van der Waals surface area contributed by atoms with Gasteiger partial charge in [0.05, 0.1) is 0 Å². The standard InChI is InChI=1S/C16H27N3O5/c1-5-6-8-11(17-15(23)24-16(2,3)4)13(20)19-10-7-9-12(18-19)14(21)22/h5,11-12,18H,1,6-10H2,2-4H3,(H,17,23)(H,21,22)/t11-,12-/m0/s1. The van der Waals surface area contributed by atoms with Gasteiger partial charge in [-0.15, -0.1) is 6.58 Å². The van der Waals surface area contributed by atoms with Gasteiger partial charge in [-0.3, -0.25) is 14.6 Å². The number of aliphatic carboxylic acids is 1. The second-order valence-electron chi connectivity index (χ2n) is 6.72. The molecule has 24 heavy (non-hydrogen) atoms. The summed E-state index contributed by atoms with van der Waals surface area (Å²) in [5.74, 6) is -1.39. The maximum atomic E-state index is 12.6. The van der Waals surface area contributed by atoms with E-state index < -0.39 is 29.7 Å². The summed E-state index contributed by atoms with van der Waals surface area (Å²) in [5, 5.41) is 12.9. The van der Waals surface area contributed by atoms with Crippen LogP contribution in [0.15, 0.2) is 12.7 Å². The monoisotopic (exact) mass is 341 g/mol. The molecule has 0 aliphatic carbocycles. The molecule has 2 amide bonds. The van der Waals surface area contributed by atoms with Crippen LogP contribution in [-0.2, 0) is 14.3 Å². The van der Waals surface area contributed by atoms with Gasteiger partial charge in [0, 0.05) is 6.54 Å². The number of hydrogen-bond acceptors (Lipinski definition) is 5. The number of allylic oxidation sites excluding steroid dienone is 1. The Balaban J connectivity index is 2.75. The summed E-state index contributed by atoms with van der Waals surface area (Å²) < 4.78 is 5.18. The van der Waals surface area contributed by atoms with Crippen molar-refractivity contribution in [1.29, 1.82) is 0 Å². The van der Waals surface area contributed by atoms with Crippen molar-refractivity contribution in [3.05, 3.63) is 12.7 Å². The Bertz CT molecular complexity index is 487. The molecule has 0 spiro atoms. The van der Waals surface area contributed by atoms with Crippen LogP contribution in [0.5, 0.6) is 0 Å². The molecular formula is C16H27N3O5. The van der Waals surface area contributed by atoms with Gasteiger partial charge in [0.25, 0.3) is 5.91 Å². The SMILES string of the molecule is C=CCC[C@H](NC(=O)OC(C)(C)C)C(=O)N1CCC[C@@H](C(=O)O)N1. The third-order valence-electron chi connectivity index (χ3n) is 3.40. The number of carboxylic acids is 1. The van der Waals surface area contributed by atoms with E-state index in [2.05, 4.69) is 17.3 Å². The predicted molar refractivity (Wildman–Crippen MR) is 88.1 cm³/mol. The summed E-state index contributed by atoms with van der Waals surface area (Å²) in [6, 6.07) is -1.61. The van der Waals surface area contributed by atoms with Gasteiger partial charge in [-0.1, -0.05) is 6.08 Å². The number of hydrazine groups is 1. The molecule has 1 aliphatic heterocycles. The lowest BCUT2D eigenvalue weighted by molar-refractivity contribution is -0.147. The fraction of sp³-hybridized carbons (Fsp3) is 0.688. The van der Waals surface area contributed by atoms with Gasteiger partial charge in [-0.05, 0) is 46.5 Å². The van der Waals surface area contributed by atoms with Crippen LogP contribution < -0.4 is 10.7 Å². The van der Waals surface area contributed by atoms with E-state index in [1.54, 1.807) is 26.8 Å². The van der Waals surface area contributed by atoms with Gasteiger partial charge in [0.2, 0.25) is 0 Å². The molecule has 0 unspecified atom stereocenters. The number of carbonyl (C=O) groups is 3. The van der Waals surface area contributed by atoms with E-state index in [0.29, 0.717) is 32.2 Å². The summed E-state index contributed by atoms with van der Waals surface area (Å²) in [4.78, 5) is 35.7. The van der Waals surface area contributed by atoms with Crippen molar-refractivity contribution in [3.63, 3.8) is 0 Å². The fourth-order valence-electron chi connectivity index (χ4n) is 2.30. The van der Waals surface area contributed by atoms with Crippen molar-refractivity contribution in [2.75, 3.05) is 6.54 Å². The van der Waals surface area contributed by atoms with Crippen molar-refractivity contribution in [1.82, 2.24) is 15.8 Å². The zero-order chi connectivity index (χ0) is 18.3. The highest BCUT2D eigenvalue weighted by molar-refractivity contribution is 5.86. The molecule has 1 aliphatic rings. The number of hydrogen-bond donors (Lipinski definition) is 3. The van der Waals surface area contributed by atoms with Crippen molar-refractivity contribution in [2.24, 2.45) is 0 Å².